The summed E-state index contributed by atoms with van der Waals surface area (Å²) < 4.78 is 61.2. The number of halogens is 6. The third-order valence-corrected chi connectivity index (χ3v) is 2.92. The lowest BCUT2D eigenvalue weighted by molar-refractivity contribution is 0.0000748. The van der Waals surface area contributed by atoms with E-state index in [0.717, 1.165) is 31.0 Å². The zero-order valence-corrected chi connectivity index (χ0v) is 11.0. The highest BCUT2D eigenvalue weighted by Gasteiger charge is 2.38. The molecule has 0 bridgehead atoms. The summed E-state index contributed by atoms with van der Waals surface area (Å²) in [6.07, 6.45) is 0.525. The van der Waals surface area contributed by atoms with Crippen LogP contribution in [0.4, 0.5) is 22.0 Å². The van der Waals surface area contributed by atoms with Gasteiger partial charge in [0.05, 0.1) is 0 Å². The number of alkyl halides is 3. The molecule has 17 heavy (non-hydrogen) atoms. The smallest absolute Gasteiger partial charge is 0.199 e. The van der Waals surface area contributed by atoms with Crippen molar-refractivity contribution >= 4 is 15.9 Å². The van der Waals surface area contributed by atoms with E-state index >= 15 is 0 Å². The number of hydrogen-bond donors (Lipinski definition) is 0. The normalized spacial score (nSPS) is 11.6. The molecule has 6 heteroatoms. The highest BCUT2D eigenvalue weighted by Crippen LogP contribution is 2.34. The molecule has 0 nitrogen and oxygen atoms in total. The van der Waals surface area contributed by atoms with Gasteiger partial charge in [0.25, 0.3) is 0 Å². The Morgan fingerprint density at radius 3 is 1.76 bits per heavy atom. The quantitative estimate of drug-likeness (QED) is 0.285. The van der Waals surface area contributed by atoms with Crippen LogP contribution in [0.15, 0.2) is 11.9 Å². The Labute approximate surface area is 106 Å². The van der Waals surface area contributed by atoms with E-state index in [1.165, 1.54) is 0 Å². The van der Waals surface area contributed by atoms with E-state index in [-0.39, 0.29) is 6.42 Å². The van der Waals surface area contributed by atoms with Crippen LogP contribution in [0.3, 0.4) is 0 Å². The average Bonchev–Trinajstić information content (AvgIpc) is 2.26. The molecular formula is C11H16BrF5. The standard InChI is InChI=1S/C11H16BrF5/c12-8-6-4-2-1-3-5-7-11(16,17)9(13)10(14)15/h1-8H2. The van der Waals surface area contributed by atoms with Gasteiger partial charge in [0.2, 0.25) is 5.83 Å². The summed E-state index contributed by atoms with van der Waals surface area (Å²) in [6.45, 7) is 0. The Kier molecular flexibility index (Phi) is 8.82. The molecule has 0 N–H and O–H groups in total. The summed E-state index contributed by atoms with van der Waals surface area (Å²) in [5.74, 6) is -6.61. The minimum Gasteiger partial charge on any atom is -0.199 e. The molecule has 0 amide bonds. The maximum Gasteiger partial charge on any atom is 0.307 e. The van der Waals surface area contributed by atoms with Crippen LogP contribution in [0.5, 0.6) is 0 Å². The van der Waals surface area contributed by atoms with Gasteiger partial charge in [0, 0.05) is 11.8 Å². The highest BCUT2D eigenvalue weighted by molar-refractivity contribution is 9.09. The topological polar surface area (TPSA) is 0 Å². The van der Waals surface area contributed by atoms with Crippen molar-refractivity contribution in [2.75, 3.05) is 5.33 Å². The summed E-state index contributed by atoms with van der Waals surface area (Å²) in [5, 5.41) is 0.914. The van der Waals surface area contributed by atoms with Crippen LogP contribution >= 0.6 is 15.9 Å². The van der Waals surface area contributed by atoms with E-state index < -0.39 is 24.3 Å². The Morgan fingerprint density at radius 1 is 0.824 bits per heavy atom. The van der Waals surface area contributed by atoms with Crippen molar-refractivity contribution in [1.29, 1.82) is 0 Å². The Hall–Kier alpha value is -0.130. The van der Waals surface area contributed by atoms with Crippen molar-refractivity contribution in [3.63, 3.8) is 0 Å². The van der Waals surface area contributed by atoms with Crippen LogP contribution in [0.2, 0.25) is 0 Å². The Morgan fingerprint density at radius 2 is 1.29 bits per heavy atom. The predicted molar refractivity (Wildman–Crippen MR) is 61.4 cm³/mol. The van der Waals surface area contributed by atoms with Crippen molar-refractivity contribution in [3.05, 3.63) is 11.9 Å². The molecule has 0 fully saturated rings. The van der Waals surface area contributed by atoms with Gasteiger partial charge in [-0.2, -0.15) is 22.0 Å². The second-order valence-corrected chi connectivity index (χ2v) is 4.63. The zero-order chi connectivity index (χ0) is 13.3. The van der Waals surface area contributed by atoms with Crippen molar-refractivity contribution in [3.8, 4) is 0 Å². The second-order valence-electron chi connectivity index (χ2n) is 3.84. The second kappa shape index (κ2) is 8.89. The van der Waals surface area contributed by atoms with Gasteiger partial charge in [0.1, 0.15) is 0 Å². The molecule has 0 unspecified atom stereocenters. The minimum absolute atomic E-state index is 0.0576. The van der Waals surface area contributed by atoms with Gasteiger partial charge in [-0.25, -0.2) is 0 Å². The lowest BCUT2D eigenvalue weighted by atomic mass is 10.1. The van der Waals surface area contributed by atoms with Gasteiger partial charge in [0.15, 0.2) is 0 Å². The molecule has 0 saturated carbocycles. The van der Waals surface area contributed by atoms with Gasteiger partial charge < -0.3 is 0 Å². The van der Waals surface area contributed by atoms with E-state index in [2.05, 4.69) is 15.9 Å². The third kappa shape index (κ3) is 7.73. The first-order chi connectivity index (χ1) is 7.91. The van der Waals surface area contributed by atoms with E-state index in [0.29, 0.717) is 6.42 Å². The van der Waals surface area contributed by atoms with Gasteiger partial charge in [-0.3, -0.25) is 0 Å². The molecule has 0 radical (unpaired) electrons. The van der Waals surface area contributed by atoms with E-state index in [1.54, 1.807) is 0 Å². The van der Waals surface area contributed by atoms with Crippen LogP contribution < -0.4 is 0 Å². The summed E-state index contributed by atoms with van der Waals surface area (Å²) >= 11 is 3.27. The van der Waals surface area contributed by atoms with Crippen molar-refractivity contribution in [2.45, 2.75) is 50.9 Å². The van der Waals surface area contributed by atoms with Crippen LogP contribution in [0.1, 0.15) is 44.9 Å². The van der Waals surface area contributed by atoms with E-state index in [4.69, 9.17) is 0 Å². The lowest BCUT2D eigenvalue weighted by Crippen LogP contribution is -2.17. The molecule has 0 atom stereocenters. The van der Waals surface area contributed by atoms with Gasteiger partial charge in [-0.1, -0.05) is 41.6 Å². The number of hydrogen-bond acceptors (Lipinski definition) is 0. The molecule has 0 aromatic carbocycles. The highest BCUT2D eigenvalue weighted by atomic mass is 79.9. The summed E-state index contributed by atoms with van der Waals surface area (Å²) in [5.41, 5.74) is 0. The van der Waals surface area contributed by atoms with Gasteiger partial charge >= 0.3 is 12.0 Å². The van der Waals surface area contributed by atoms with Crippen molar-refractivity contribution < 1.29 is 22.0 Å². The SMILES string of the molecule is FC(F)=C(F)C(F)(F)CCCCCCCCBr. The first-order valence-corrected chi connectivity index (χ1v) is 6.69. The fourth-order valence-electron chi connectivity index (χ4n) is 1.40. The largest absolute Gasteiger partial charge is 0.307 e. The zero-order valence-electron chi connectivity index (χ0n) is 9.42. The number of allylic oxidation sites excluding steroid dienone is 1. The molecule has 0 aliphatic heterocycles. The molecule has 0 aliphatic rings. The molecule has 0 spiro atoms. The Bertz CT molecular complexity index is 236. The van der Waals surface area contributed by atoms with Gasteiger partial charge in [-0.05, 0) is 12.8 Å². The first-order valence-electron chi connectivity index (χ1n) is 5.57. The van der Waals surface area contributed by atoms with Gasteiger partial charge in [-0.15, -0.1) is 0 Å². The lowest BCUT2D eigenvalue weighted by Gasteiger charge is -2.12. The van der Waals surface area contributed by atoms with Crippen LogP contribution in [0, 0.1) is 0 Å². The number of unbranched alkanes of at least 4 members (excludes halogenated alkanes) is 5. The summed E-state index contributed by atoms with van der Waals surface area (Å²) in [6, 6.07) is 0. The molecule has 102 valence electrons. The molecule has 0 heterocycles. The maximum atomic E-state index is 12.8. The summed E-state index contributed by atoms with van der Waals surface area (Å²) in [4.78, 5) is 0. The fraction of sp³-hybridized carbons (Fsp3) is 0.818. The average molecular weight is 323 g/mol. The maximum absolute atomic E-state index is 12.8. The Balaban J connectivity index is 3.70. The van der Waals surface area contributed by atoms with Crippen LogP contribution in [-0.2, 0) is 0 Å². The molecule has 0 saturated heterocycles. The van der Waals surface area contributed by atoms with Crippen LogP contribution in [-0.4, -0.2) is 11.3 Å². The summed E-state index contributed by atoms with van der Waals surface area (Å²) in [7, 11) is 0. The van der Waals surface area contributed by atoms with E-state index in [1.807, 2.05) is 0 Å². The minimum atomic E-state index is -4.02. The van der Waals surface area contributed by atoms with Crippen molar-refractivity contribution in [2.24, 2.45) is 0 Å². The monoisotopic (exact) mass is 322 g/mol. The fourth-order valence-corrected chi connectivity index (χ4v) is 1.79. The molecule has 0 aromatic heterocycles. The molecule has 0 aromatic rings. The van der Waals surface area contributed by atoms with Crippen molar-refractivity contribution in [1.82, 2.24) is 0 Å². The van der Waals surface area contributed by atoms with Crippen LogP contribution in [0.25, 0.3) is 0 Å². The van der Waals surface area contributed by atoms with E-state index in [9.17, 15) is 22.0 Å². The number of rotatable bonds is 9. The molecular weight excluding hydrogens is 307 g/mol. The molecule has 0 rings (SSSR count). The molecule has 0 aliphatic carbocycles. The third-order valence-electron chi connectivity index (χ3n) is 2.36. The first kappa shape index (κ1) is 16.9. The predicted octanol–water partition coefficient (Wildman–Crippen LogP) is 5.82.